The predicted octanol–water partition coefficient (Wildman–Crippen LogP) is 2.88. The summed E-state index contributed by atoms with van der Waals surface area (Å²) in [5.74, 6) is 0. The Hall–Kier alpha value is -0.730. The highest BCUT2D eigenvalue weighted by Crippen LogP contribution is 2.20. The van der Waals surface area contributed by atoms with Gasteiger partial charge in [-0.25, -0.2) is 4.79 Å². The Morgan fingerprint density at radius 2 is 1.85 bits per heavy atom. The summed E-state index contributed by atoms with van der Waals surface area (Å²) in [6.07, 6.45) is 6.47. The molecule has 0 saturated heterocycles. The number of hydrogen-bond donors (Lipinski definition) is 0. The van der Waals surface area contributed by atoms with Crippen LogP contribution in [0.3, 0.4) is 0 Å². The number of rotatable bonds is 2. The average Bonchev–Trinajstić information content (AvgIpc) is 2.33. The number of hydrogen-bond acceptors (Lipinski definition) is 3. The van der Waals surface area contributed by atoms with E-state index in [9.17, 15) is 4.79 Å². The van der Waals surface area contributed by atoms with Crippen molar-refractivity contribution < 1.29 is 14.3 Å². The lowest BCUT2D eigenvalue weighted by molar-refractivity contribution is 0.0214. The van der Waals surface area contributed by atoms with Crippen molar-refractivity contribution in [2.75, 3.05) is 6.61 Å². The molecule has 1 fully saturated rings. The van der Waals surface area contributed by atoms with Gasteiger partial charge < -0.3 is 9.47 Å². The van der Waals surface area contributed by atoms with Crippen LogP contribution in [0.15, 0.2) is 0 Å². The van der Waals surface area contributed by atoms with Crippen LogP contribution in [0, 0.1) is 0 Å². The molecule has 0 heterocycles. The van der Waals surface area contributed by atoms with Crippen LogP contribution >= 0.6 is 0 Å². The maximum absolute atomic E-state index is 11.0. The highest BCUT2D eigenvalue weighted by molar-refractivity contribution is 5.60. The molecule has 1 aliphatic rings. The Morgan fingerprint density at radius 1 is 1.23 bits per heavy atom. The van der Waals surface area contributed by atoms with Crippen molar-refractivity contribution in [3.63, 3.8) is 0 Å². The molecule has 1 aliphatic carbocycles. The number of ether oxygens (including phenoxy) is 2. The summed E-state index contributed by atoms with van der Waals surface area (Å²) in [6, 6.07) is 0. The molecule has 1 rings (SSSR count). The standard InChI is InChI=1S/C10H18O3/c1-2-12-10(11)13-9-7-5-3-4-6-8-9/h9H,2-8H2,1H3. The molecule has 0 bridgehead atoms. The van der Waals surface area contributed by atoms with Crippen LogP contribution < -0.4 is 0 Å². The predicted molar refractivity (Wildman–Crippen MR) is 49.6 cm³/mol. The molecule has 76 valence electrons. The van der Waals surface area contributed by atoms with Gasteiger partial charge in [0, 0.05) is 0 Å². The summed E-state index contributed by atoms with van der Waals surface area (Å²) in [5, 5.41) is 0. The zero-order chi connectivity index (χ0) is 9.52. The van der Waals surface area contributed by atoms with E-state index in [1.54, 1.807) is 6.92 Å². The molecule has 1 saturated carbocycles. The van der Waals surface area contributed by atoms with Gasteiger partial charge in [0.2, 0.25) is 0 Å². The molecule has 0 aromatic heterocycles. The Bertz CT molecular complexity index is 148. The highest BCUT2D eigenvalue weighted by Gasteiger charge is 2.16. The maximum Gasteiger partial charge on any atom is 0.508 e. The van der Waals surface area contributed by atoms with E-state index in [0.29, 0.717) is 6.61 Å². The zero-order valence-corrected chi connectivity index (χ0v) is 8.25. The first kappa shape index (κ1) is 10.4. The fourth-order valence-electron chi connectivity index (χ4n) is 1.65. The molecule has 0 amide bonds. The van der Waals surface area contributed by atoms with Crippen molar-refractivity contribution in [2.45, 2.75) is 51.6 Å². The van der Waals surface area contributed by atoms with Crippen molar-refractivity contribution in [3.8, 4) is 0 Å². The second-order valence-corrected chi connectivity index (χ2v) is 3.41. The van der Waals surface area contributed by atoms with E-state index < -0.39 is 6.16 Å². The van der Waals surface area contributed by atoms with Crippen molar-refractivity contribution in [1.29, 1.82) is 0 Å². The monoisotopic (exact) mass is 186 g/mol. The third-order valence-corrected chi connectivity index (χ3v) is 2.33. The van der Waals surface area contributed by atoms with Gasteiger partial charge in [0.25, 0.3) is 0 Å². The number of carbonyl (C=O) groups is 1. The van der Waals surface area contributed by atoms with Crippen LogP contribution in [-0.4, -0.2) is 18.9 Å². The second kappa shape index (κ2) is 5.84. The molecule has 0 N–H and O–H groups in total. The summed E-state index contributed by atoms with van der Waals surface area (Å²) in [4.78, 5) is 11.0. The first-order chi connectivity index (χ1) is 6.33. The van der Waals surface area contributed by atoms with Crippen LogP contribution in [0.4, 0.5) is 4.79 Å². The average molecular weight is 186 g/mol. The van der Waals surface area contributed by atoms with E-state index in [2.05, 4.69) is 0 Å². The molecule has 0 aliphatic heterocycles. The summed E-state index contributed by atoms with van der Waals surface area (Å²) < 4.78 is 9.87. The molecule has 3 nitrogen and oxygen atoms in total. The van der Waals surface area contributed by atoms with E-state index in [-0.39, 0.29) is 6.10 Å². The third kappa shape index (κ3) is 4.15. The van der Waals surface area contributed by atoms with Gasteiger partial charge in [-0.1, -0.05) is 12.8 Å². The lowest BCUT2D eigenvalue weighted by Gasteiger charge is -2.14. The molecule has 0 spiro atoms. The summed E-state index contributed by atoms with van der Waals surface area (Å²) in [7, 11) is 0. The van der Waals surface area contributed by atoms with E-state index >= 15 is 0 Å². The zero-order valence-electron chi connectivity index (χ0n) is 8.25. The summed E-state index contributed by atoms with van der Waals surface area (Å²) in [5.41, 5.74) is 0. The van der Waals surface area contributed by atoms with E-state index in [1.165, 1.54) is 25.7 Å². The minimum Gasteiger partial charge on any atom is -0.435 e. The van der Waals surface area contributed by atoms with Crippen molar-refractivity contribution in [3.05, 3.63) is 0 Å². The topological polar surface area (TPSA) is 35.5 Å². The minimum atomic E-state index is -0.505. The summed E-state index contributed by atoms with van der Waals surface area (Å²) in [6.45, 7) is 2.18. The first-order valence-corrected chi connectivity index (χ1v) is 5.16. The molecule has 0 radical (unpaired) electrons. The molecule has 13 heavy (non-hydrogen) atoms. The van der Waals surface area contributed by atoms with Gasteiger partial charge in [-0.15, -0.1) is 0 Å². The Labute approximate surface area is 79.4 Å². The maximum atomic E-state index is 11.0. The normalized spacial score (nSPS) is 19.2. The van der Waals surface area contributed by atoms with Gasteiger partial charge in [-0.3, -0.25) is 0 Å². The quantitative estimate of drug-likeness (QED) is 0.491. The first-order valence-electron chi connectivity index (χ1n) is 5.16. The van der Waals surface area contributed by atoms with Gasteiger partial charge in [-0.05, 0) is 32.6 Å². The van der Waals surface area contributed by atoms with Gasteiger partial charge in [0.1, 0.15) is 6.10 Å². The van der Waals surface area contributed by atoms with Crippen LogP contribution in [-0.2, 0) is 9.47 Å². The minimum absolute atomic E-state index is 0.0987. The van der Waals surface area contributed by atoms with Crippen LogP contribution in [0.2, 0.25) is 0 Å². The van der Waals surface area contributed by atoms with E-state index in [0.717, 1.165) is 12.8 Å². The summed E-state index contributed by atoms with van der Waals surface area (Å²) >= 11 is 0. The molecular formula is C10H18O3. The lowest BCUT2D eigenvalue weighted by Crippen LogP contribution is -2.18. The smallest absolute Gasteiger partial charge is 0.435 e. The van der Waals surface area contributed by atoms with Crippen LogP contribution in [0.1, 0.15) is 45.4 Å². The van der Waals surface area contributed by atoms with Crippen molar-refractivity contribution in [2.24, 2.45) is 0 Å². The van der Waals surface area contributed by atoms with Gasteiger partial charge in [0.15, 0.2) is 0 Å². The molecule has 0 aromatic carbocycles. The fourth-order valence-corrected chi connectivity index (χ4v) is 1.65. The van der Waals surface area contributed by atoms with Crippen molar-refractivity contribution in [1.82, 2.24) is 0 Å². The fraction of sp³-hybridized carbons (Fsp3) is 0.900. The van der Waals surface area contributed by atoms with Gasteiger partial charge in [0.05, 0.1) is 6.61 Å². The van der Waals surface area contributed by atoms with Crippen LogP contribution in [0.25, 0.3) is 0 Å². The number of carbonyl (C=O) groups excluding carboxylic acids is 1. The van der Waals surface area contributed by atoms with Crippen LogP contribution in [0.5, 0.6) is 0 Å². The van der Waals surface area contributed by atoms with Crippen molar-refractivity contribution >= 4 is 6.16 Å². The Balaban J connectivity index is 2.21. The van der Waals surface area contributed by atoms with E-state index in [4.69, 9.17) is 9.47 Å². The van der Waals surface area contributed by atoms with Gasteiger partial charge >= 0.3 is 6.16 Å². The Kier molecular flexibility index (Phi) is 4.65. The third-order valence-electron chi connectivity index (χ3n) is 2.33. The Morgan fingerprint density at radius 3 is 2.38 bits per heavy atom. The highest BCUT2D eigenvalue weighted by atomic mass is 16.7. The SMILES string of the molecule is CCOC(=O)OC1CCCCCC1. The second-order valence-electron chi connectivity index (χ2n) is 3.41. The van der Waals surface area contributed by atoms with E-state index in [1.807, 2.05) is 0 Å². The molecule has 0 unspecified atom stereocenters. The lowest BCUT2D eigenvalue weighted by atomic mass is 10.2. The van der Waals surface area contributed by atoms with Gasteiger partial charge in [-0.2, -0.15) is 0 Å². The largest absolute Gasteiger partial charge is 0.508 e. The molecular weight excluding hydrogens is 168 g/mol. The molecule has 0 aromatic rings. The molecule has 0 atom stereocenters. The molecule has 3 heteroatoms.